The van der Waals surface area contributed by atoms with Crippen molar-refractivity contribution in [3.63, 3.8) is 0 Å². The van der Waals surface area contributed by atoms with Gasteiger partial charge in [-0.25, -0.2) is 4.57 Å². The molecule has 0 aliphatic heterocycles. The highest BCUT2D eigenvalue weighted by Crippen LogP contribution is 2.40. The molecule has 5 aromatic rings. The van der Waals surface area contributed by atoms with Gasteiger partial charge in [0.1, 0.15) is 18.2 Å². The first-order valence-corrected chi connectivity index (χ1v) is 11.0. The summed E-state index contributed by atoms with van der Waals surface area (Å²) >= 11 is 0. The minimum Gasteiger partial charge on any atom is -0.455 e. The average Bonchev–Trinajstić information content (AvgIpc) is 3.25. The summed E-state index contributed by atoms with van der Waals surface area (Å²) in [7, 11) is 2.03. The standard InChI is InChI=1S/C30H28NO/c1-19-8-12-25-24-13-11-21(20-9-10-22-17-30(2,3)18-23(22)15-20)16-27(24)32-29(25)28(19)26-7-5-6-14-31(26)4/h5-16H,17-18H2,1-4H3/q+1/i17D2,18D2. The van der Waals surface area contributed by atoms with Crippen LogP contribution in [0.3, 0.4) is 0 Å². The highest BCUT2D eigenvalue weighted by molar-refractivity contribution is 6.10. The molecule has 2 aromatic heterocycles. The third kappa shape index (κ3) is 2.97. The number of rotatable bonds is 2. The Bertz CT molecular complexity index is 1700. The van der Waals surface area contributed by atoms with Gasteiger partial charge in [0.2, 0.25) is 5.69 Å². The van der Waals surface area contributed by atoms with Crippen LogP contribution in [0, 0.1) is 12.3 Å². The van der Waals surface area contributed by atoms with E-state index in [9.17, 15) is 0 Å². The van der Waals surface area contributed by atoms with Crippen LogP contribution in [0.15, 0.2) is 77.3 Å². The smallest absolute Gasteiger partial charge is 0.216 e. The SMILES string of the molecule is [2H]C1([2H])c2ccc(-c3ccc4c(c3)oc3c(-c5cccc[n+]5C)c(C)ccc34)cc2C([2H])([2H])C1(C)C. The van der Waals surface area contributed by atoms with Crippen LogP contribution in [-0.2, 0) is 19.8 Å². The molecule has 158 valence electrons. The van der Waals surface area contributed by atoms with Gasteiger partial charge < -0.3 is 4.42 Å². The Morgan fingerprint density at radius 2 is 1.62 bits per heavy atom. The molecular weight excluding hydrogens is 390 g/mol. The van der Waals surface area contributed by atoms with E-state index in [-0.39, 0.29) is 0 Å². The quantitative estimate of drug-likeness (QED) is 0.275. The Morgan fingerprint density at radius 1 is 0.875 bits per heavy atom. The van der Waals surface area contributed by atoms with E-state index < -0.39 is 18.2 Å². The van der Waals surface area contributed by atoms with Crippen LogP contribution in [0.1, 0.15) is 36.0 Å². The van der Waals surface area contributed by atoms with E-state index in [4.69, 9.17) is 9.90 Å². The largest absolute Gasteiger partial charge is 0.455 e. The number of pyridine rings is 1. The van der Waals surface area contributed by atoms with Crippen LogP contribution in [0.2, 0.25) is 0 Å². The van der Waals surface area contributed by atoms with Gasteiger partial charge in [-0.3, -0.25) is 0 Å². The van der Waals surface area contributed by atoms with Crippen LogP contribution < -0.4 is 4.57 Å². The van der Waals surface area contributed by atoms with Gasteiger partial charge in [0.05, 0.1) is 5.56 Å². The van der Waals surface area contributed by atoms with Crippen molar-refractivity contribution in [3.8, 4) is 22.4 Å². The predicted octanol–water partition coefficient (Wildman–Crippen LogP) is 7.18. The molecule has 1 aliphatic carbocycles. The second-order valence-electron chi connectivity index (χ2n) is 9.28. The molecule has 2 nitrogen and oxygen atoms in total. The molecule has 2 heterocycles. The Morgan fingerprint density at radius 3 is 2.47 bits per heavy atom. The number of hydrogen-bond acceptors (Lipinski definition) is 1. The Labute approximate surface area is 194 Å². The molecule has 3 aromatic carbocycles. The van der Waals surface area contributed by atoms with Crippen molar-refractivity contribution in [2.24, 2.45) is 12.5 Å². The summed E-state index contributed by atoms with van der Waals surface area (Å²) in [5, 5.41) is 2.09. The Hall–Kier alpha value is -3.39. The molecule has 0 saturated carbocycles. The van der Waals surface area contributed by atoms with E-state index in [1.807, 2.05) is 49.6 Å². The van der Waals surface area contributed by atoms with Gasteiger partial charge in [-0.1, -0.05) is 50.2 Å². The summed E-state index contributed by atoms with van der Waals surface area (Å²) in [6.45, 7) is 5.43. The molecule has 6 rings (SSSR count). The molecule has 0 fully saturated rings. The van der Waals surface area contributed by atoms with E-state index in [1.54, 1.807) is 19.9 Å². The third-order valence-electron chi connectivity index (χ3n) is 6.41. The molecule has 0 amide bonds. The van der Waals surface area contributed by atoms with Crippen molar-refractivity contribution < 1.29 is 14.5 Å². The highest BCUT2D eigenvalue weighted by Gasteiger charge is 2.28. The Balaban J connectivity index is 1.53. The van der Waals surface area contributed by atoms with Gasteiger partial charge in [-0.05, 0) is 71.1 Å². The van der Waals surface area contributed by atoms with Crippen LogP contribution in [0.5, 0.6) is 0 Å². The molecule has 0 atom stereocenters. The molecule has 0 radical (unpaired) electrons. The van der Waals surface area contributed by atoms with E-state index in [2.05, 4.69) is 35.8 Å². The fraction of sp³-hybridized carbons (Fsp3) is 0.233. The molecule has 32 heavy (non-hydrogen) atoms. The summed E-state index contributed by atoms with van der Waals surface area (Å²) in [4.78, 5) is 0. The van der Waals surface area contributed by atoms with Gasteiger partial charge >= 0.3 is 0 Å². The van der Waals surface area contributed by atoms with Crippen LogP contribution in [0.4, 0.5) is 0 Å². The summed E-state index contributed by atoms with van der Waals surface area (Å²) in [6, 6.07) is 21.9. The number of nitrogens with zero attached hydrogens (tertiary/aromatic N) is 1. The van der Waals surface area contributed by atoms with E-state index in [1.165, 1.54) is 0 Å². The van der Waals surface area contributed by atoms with Crippen LogP contribution in [-0.4, -0.2) is 0 Å². The monoisotopic (exact) mass is 422 g/mol. The number of fused-ring (bicyclic) bond motifs is 4. The fourth-order valence-corrected chi connectivity index (χ4v) is 4.86. The number of hydrogen-bond donors (Lipinski definition) is 0. The molecular formula is C30H28NO+. The van der Waals surface area contributed by atoms with Gasteiger partial charge in [0, 0.05) is 28.4 Å². The number of benzene rings is 3. The van der Waals surface area contributed by atoms with Crippen LogP contribution in [0.25, 0.3) is 44.3 Å². The summed E-state index contributed by atoms with van der Waals surface area (Å²) in [5.41, 5.74) is 6.36. The van der Waals surface area contributed by atoms with Gasteiger partial charge in [-0.2, -0.15) is 0 Å². The normalized spacial score (nSPS) is 19.9. The summed E-state index contributed by atoms with van der Waals surface area (Å²) in [6.07, 6.45) is -1.51. The number of aryl methyl sites for hydroxylation is 2. The molecule has 0 N–H and O–H groups in total. The molecule has 0 saturated heterocycles. The maximum atomic E-state index is 8.74. The van der Waals surface area contributed by atoms with Crippen molar-refractivity contribution in [2.45, 2.75) is 33.5 Å². The first kappa shape index (κ1) is 15.4. The van der Waals surface area contributed by atoms with Gasteiger partial charge in [0.25, 0.3) is 0 Å². The van der Waals surface area contributed by atoms with E-state index in [0.29, 0.717) is 11.1 Å². The van der Waals surface area contributed by atoms with Gasteiger partial charge in [0.15, 0.2) is 6.20 Å². The number of aromatic nitrogens is 1. The summed E-state index contributed by atoms with van der Waals surface area (Å²) in [5.74, 6) is 0. The van der Waals surface area contributed by atoms with Gasteiger partial charge in [-0.15, -0.1) is 0 Å². The lowest BCUT2D eigenvalue weighted by atomic mass is 9.90. The van der Waals surface area contributed by atoms with Crippen molar-refractivity contribution in [1.29, 1.82) is 0 Å². The molecule has 0 spiro atoms. The van der Waals surface area contributed by atoms with Crippen molar-refractivity contribution in [1.82, 2.24) is 0 Å². The minimum absolute atomic E-state index is 0.425. The zero-order chi connectivity index (χ0) is 25.6. The Kier molecular flexibility index (Phi) is 3.28. The van der Waals surface area contributed by atoms with Crippen molar-refractivity contribution in [2.75, 3.05) is 0 Å². The topological polar surface area (TPSA) is 17.0 Å². The first-order chi connectivity index (χ1) is 16.9. The van der Waals surface area contributed by atoms with E-state index >= 15 is 0 Å². The zero-order valence-corrected chi connectivity index (χ0v) is 18.8. The second-order valence-corrected chi connectivity index (χ2v) is 9.28. The summed E-state index contributed by atoms with van der Waals surface area (Å²) < 4.78 is 43.3. The lowest BCUT2D eigenvalue weighted by molar-refractivity contribution is -0.660. The van der Waals surface area contributed by atoms with Crippen molar-refractivity contribution >= 4 is 21.9 Å². The lowest BCUT2D eigenvalue weighted by Crippen LogP contribution is -2.30. The second kappa shape index (κ2) is 6.80. The zero-order valence-electron chi connectivity index (χ0n) is 22.8. The number of furan rings is 1. The maximum Gasteiger partial charge on any atom is 0.216 e. The first-order valence-electron chi connectivity index (χ1n) is 13.0. The average molecular weight is 423 g/mol. The minimum atomic E-state index is -1.79. The van der Waals surface area contributed by atoms with Crippen molar-refractivity contribution in [3.05, 3.63) is 89.6 Å². The highest BCUT2D eigenvalue weighted by atomic mass is 16.3. The predicted molar refractivity (Wildman–Crippen MR) is 132 cm³/mol. The molecule has 2 heteroatoms. The fourth-order valence-electron chi connectivity index (χ4n) is 4.86. The van der Waals surface area contributed by atoms with E-state index in [0.717, 1.165) is 49.9 Å². The molecule has 0 unspecified atom stereocenters. The lowest BCUT2D eigenvalue weighted by Gasteiger charge is -2.14. The molecule has 1 aliphatic rings. The third-order valence-corrected chi connectivity index (χ3v) is 6.41. The maximum absolute atomic E-state index is 8.74. The molecule has 0 bridgehead atoms. The van der Waals surface area contributed by atoms with Crippen LogP contribution >= 0.6 is 0 Å².